The lowest BCUT2D eigenvalue weighted by atomic mass is 9.36. The molecule has 0 spiro atoms. The number of nitrogens with zero attached hydrogens (tertiary/aromatic N) is 3. The third-order valence-electron chi connectivity index (χ3n) is 17.6. The van der Waals surface area contributed by atoms with Gasteiger partial charge in [-0.05, 0) is 168 Å². The monoisotopic (exact) mass is 1170 g/mol. The number of para-hydroxylation sites is 2. The van der Waals surface area contributed by atoms with Crippen molar-refractivity contribution in [1.82, 2.24) is 0 Å². The minimum atomic E-state index is -0.276. The van der Waals surface area contributed by atoms with Crippen LogP contribution in [0.4, 0.5) is 34.1 Å². The maximum absolute atomic E-state index is 11.3. The van der Waals surface area contributed by atoms with Crippen molar-refractivity contribution in [3.05, 3.63) is 246 Å². The van der Waals surface area contributed by atoms with Crippen LogP contribution in [0.15, 0.2) is 232 Å². The van der Waals surface area contributed by atoms with Gasteiger partial charge in [-0.3, -0.25) is 0 Å². The summed E-state index contributed by atoms with van der Waals surface area (Å²) >= 11 is 3.80. The molecule has 0 saturated carbocycles. The number of fused-ring (bicyclic) bond motifs is 4. The Morgan fingerprint density at radius 3 is 1.29 bits per heavy atom. The molecule has 0 bridgehead atoms. The van der Waals surface area contributed by atoms with Crippen molar-refractivity contribution in [2.24, 2.45) is 0 Å². The highest BCUT2D eigenvalue weighted by molar-refractivity contribution is 8.01. The molecule has 0 aromatic heterocycles. The lowest BCUT2D eigenvalue weighted by Gasteiger charge is -2.36. The minimum Gasteiger partial charge on any atom is -0.310 e. The molecule has 6 heteroatoms. The Labute approximate surface area is 528 Å². The number of nitriles is 1. The molecule has 0 fully saturated rings. The SMILES string of the molecule is CC(C)(C)c1ccc(N(c2ccc(C(C)(C)C)cc2)c2cc3c(cc2-c2ccccc2)B2c4ccc(-c5cc(N(c6ccccc6)c6ccccc6)c(C(C)(C)C)cc5C#N)cc4Sc4cc(-c5ccc(C(C)(C)C)cc5C(C)(C)C)cc(c42)S3)cc1. The van der Waals surface area contributed by atoms with Gasteiger partial charge in [0.05, 0.1) is 23.0 Å². The third-order valence-corrected chi connectivity index (χ3v) is 19.8. The molecule has 2 aliphatic heterocycles. The van der Waals surface area contributed by atoms with E-state index < -0.39 is 0 Å². The van der Waals surface area contributed by atoms with E-state index in [2.05, 4.69) is 332 Å². The van der Waals surface area contributed by atoms with E-state index in [1.165, 1.54) is 74.9 Å². The molecule has 87 heavy (non-hydrogen) atoms. The number of benzene rings is 10. The minimum absolute atomic E-state index is 0.00148. The number of hydrogen-bond donors (Lipinski definition) is 0. The first-order valence-corrected chi connectivity index (χ1v) is 32.4. The number of rotatable bonds is 9. The first-order valence-electron chi connectivity index (χ1n) is 30.8. The summed E-state index contributed by atoms with van der Waals surface area (Å²) in [6.45, 7) is 34.4. The second-order valence-electron chi connectivity index (χ2n) is 29.0. The molecule has 2 heterocycles. The summed E-state index contributed by atoms with van der Waals surface area (Å²) < 4.78 is 0. The van der Waals surface area contributed by atoms with E-state index in [0.717, 1.165) is 56.4 Å². The Morgan fingerprint density at radius 2 is 0.793 bits per heavy atom. The third kappa shape index (κ3) is 11.5. The average Bonchev–Trinajstić information content (AvgIpc) is 0.834. The smallest absolute Gasteiger partial charge is 0.247 e. The molecule has 0 radical (unpaired) electrons. The summed E-state index contributed by atoms with van der Waals surface area (Å²) in [4.78, 5) is 9.84. The molecule has 3 nitrogen and oxygen atoms in total. The number of anilines is 6. The van der Waals surface area contributed by atoms with Gasteiger partial charge in [-0.2, -0.15) is 5.26 Å². The zero-order valence-corrected chi connectivity index (χ0v) is 55.1. The molecule has 0 saturated heterocycles. The lowest BCUT2D eigenvalue weighted by Crippen LogP contribution is -2.58. The Hall–Kier alpha value is -7.95. The quantitative estimate of drug-likeness (QED) is 0.134. The van der Waals surface area contributed by atoms with Crippen molar-refractivity contribution >= 4 is 80.7 Å². The van der Waals surface area contributed by atoms with Crippen LogP contribution in [0.5, 0.6) is 0 Å². The Morgan fingerprint density at radius 1 is 0.333 bits per heavy atom. The van der Waals surface area contributed by atoms with Crippen LogP contribution in [0.25, 0.3) is 33.4 Å². The lowest BCUT2D eigenvalue weighted by molar-refractivity contribution is 0.569. The summed E-state index contributed by atoms with van der Waals surface area (Å²) in [5.74, 6) is 0. The molecule has 0 aliphatic carbocycles. The molecule has 0 amide bonds. The summed E-state index contributed by atoms with van der Waals surface area (Å²) in [5.41, 5.74) is 23.9. The maximum Gasteiger partial charge on any atom is 0.247 e. The van der Waals surface area contributed by atoms with E-state index in [1.54, 1.807) is 0 Å². The highest BCUT2D eigenvalue weighted by Gasteiger charge is 2.41. The second-order valence-corrected chi connectivity index (χ2v) is 31.2. The van der Waals surface area contributed by atoms with Gasteiger partial charge in [0.2, 0.25) is 6.71 Å². The summed E-state index contributed by atoms with van der Waals surface area (Å²) in [6, 6.07) is 82.2. The zero-order valence-electron chi connectivity index (χ0n) is 53.4. The van der Waals surface area contributed by atoms with Gasteiger partial charge in [-0.1, -0.05) is 266 Å². The molecule has 434 valence electrons. The standard InChI is InChI=1S/C81H80BN3S2/c1-77(2,3)56-32-37-61(38-33-56)84(62-39-34-57(35-40-62)78(4,5)6)70-50-73-69(48-65(70)52-25-19-16-20-26-52)82-68-42-31-53(64-49-71(67(81(13,14)15)43-55(64)51-83)85(59-27-21-17-22-28-59)60-29-23-18-24-30-60)44-72(68)86-74-45-54(46-75(87-73)76(74)82)63-41-36-58(79(7,8)9)47-66(63)80(10,11)12/h16-50H,1-15H3. The first-order chi connectivity index (χ1) is 41.2. The molecule has 12 rings (SSSR count). The Kier molecular flexibility index (Phi) is 15.2. The van der Waals surface area contributed by atoms with E-state index in [1.807, 2.05) is 23.5 Å². The zero-order chi connectivity index (χ0) is 61.5. The fraction of sp³-hybridized carbons (Fsp3) is 0.247. The normalized spacial score (nSPS) is 13.1. The predicted molar refractivity (Wildman–Crippen MR) is 376 cm³/mol. The van der Waals surface area contributed by atoms with Crippen molar-refractivity contribution in [1.29, 1.82) is 5.26 Å². The van der Waals surface area contributed by atoms with E-state index >= 15 is 0 Å². The van der Waals surface area contributed by atoms with Crippen molar-refractivity contribution in [3.63, 3.8) is 0 Å². The van der Waals surface area contributed by atoms with Gasteiger partial charge < -0.3 is 9.80 Å². The van der Waals surface area contributed by atoms with E-state index in [9.17, 15) is 5.26 Å². The molecule has 0 unspecified atom stereocenters. The Bertz CT molecular complexity index is 4180. The van der Waals surface area contributed by atoms with Crippen LogP contribution in [0.3, 0.4) is 0 Å². The molecular formula is C81H80BN3S2. The molecule has 0 atom stereocenters. The fourth-order valence-electron chi connectivity index (χ4n) is 12.7. The second kappa shape index (κ2) is 22.3. The van der Waals surface area contributed by atoms with Crippen LogP contribution in [0.2, 0.25) is 0 Å². The molecule has 0 N–H and O–H groups in total. The Balaban J connectivity index is 1.11. The average molecular weight is 1170 g/mol. The molecule has 2 aliphatic rings. The fourth-order valence-corrected chi connectivity index (χ4v) is 15.2. The van der Waals surface area contributed by atoms with E-state index in [4.69, 9.17) is 0 Å². The van der Waals surface area contributed by atoms with E-state index in [0.29, 0.717) is 5.56 Å². The maximum atomic E-state index is 11.3. The first kappa shape index (κ1) is 59.4. The van der Waals surface area contributed by atoms with Crippen LogP contribution < -0.4 is 26.2 Å². The highest BCUT2D eigenvalue weighted by atomic mass is 32.2. The van der Waals surface area contributed by atoms with Crippen molar-refractivity contribution in [2.45, 2.75) is 151 Å². The molecular weight excluding hydrogens is 1090 g/mol. The van der Waals surface area contributed by atoms with Gasteiger partial charge in [-0.25, -0.2) is 0 Å². The number of hydrogen-bond acceptors (Lipinski definition) is 5. The van der Waals surface area contributed by atoms with Crippen LogP contribution in [-0.4, -0.2) is 6.71 Å². The van der Waals surface area contributed by atoms with Crippen LogP contribution in [0, 0.1) is 11.3 Å². The van der Waals surface area contributed by atoms with Gasteiger partial charge in [0, 0.05) is 53.5 Å². The van der Waals surface area contributed by atoms with Crippen LogP contribution >= 0.6 is 23.5 Å². The van der Waals surface area contributed by atoms with Gasteiger partial charge in [0.25, 0.3) is 0 Å². The van der Waals surface area contributed by atoms with Crippen LogP contribution in [-0.2, 0) is 27.1 Å². The topological polar surface area (TPSA) is 30.3 Å². The van der Waals surface area contributed by atoms with Crippen molar-refractivity contribution in [2.75, 3.05) is 9.80 Å². The van der Waals surface area contributed by atoms with E-state index in [-0.39, 0.29) is 33.8 Å². The summed E-state index contributed by atoms with van der Waals surface area (Å²) in [7, 11) is 0. The van der Waals surface area contributed by atoms with Crippen molar-refractivity contribution < 1.29 is 0 Å². The van der Waals surface area contributed by atoms with Gasteiger partial charge in [0.15, 0.2) is 0 Å². The van der Waals surface area contributed by atoms with Gasteiger partial charge in [0.1, 0.15) is 0 Å². The predicted octanol–water partition coefficient (Wildman–Crippen LogP) is 21.4. The van der Waals surface area contributed by atoms with Gasteiger partial charge in [-0.15, -0.1) is 0 Å². The summed E-state index contributed by atoms with van der Waals surface area (Å²) in [6.07, 6.45) is 0. The van der Waals surface area contributed by atoms with Crippen molar-refractivity contribution in [3.8, 4) is 39.4 Å². The highest BCUT2D eigenvalue weighted by Crippen LogP contribution is 2.50. The van der Waals surface area contributed by atoms with Crippen LogP contribution in [0.1, 0.15) is 137 Å². The summed E-state index contributed by atoms with van der Waals surface area (Å²) in [5, 5.41) is 11.3. The van der Waals surface area contributed by atoms with Gasteiger partial charge >= 0.3 is 0 Å². The molecule has 10 aromatic rings. The largest absolute Gasteiger partial charge is 0.310 e. The molecule has 10 aromatic carbocycles.